The number of aromatic nitrogens is 2. The summed E-state index contributed by atoms with van der Waals surface area (Å²) in [5, 5.41) is 10.3. The Bertz CT molecular complexity index is 1060. The number of rotatable bonds is 4. The van der Waals surface area contributed by atoms with Crippen molar-refractivity contribution >= 4 is 5.91 Å². The molecule has 5 rings (SSSR count). The van der Waals surface area contributed by atoms with E-state index in [-0.39, 0.29) is 11.9 Å². The lowest BCUT2D eigenvalue weighted by atomic mass is 9.95. The molecule has 6 heteroatoms. The molecular weight excluding hydrogens is 378 g/mol. The van der Waals surface area contributed by atoms with E-state index in [9.17, 15) is 9.90 Å². The van der Waals surface area contributed by atoms with Crippen LogP contribution in [0.4, 0.5) is 0 Å². The molecule has 0 bridgehead atoms. The van der Waals surface area contributed by atoms with Gasteiger partial charge < -0.3 is 19.3 Å². The van der Waals surface area contributed by atoms with Crippen molar-refractivity contribution in [3.8, 4) is 5.69 Å². The molecule has 1 aromatic heterocycles. The number of hydrogen-bond acceptors (Lipinski definition) is 4. The van der Waals surface area contributed by atoms with Crippen molar-refractivity contribution in [1.82, 2.24) is 14.5 Å². The summed E-state index contributed by atoms with van der Waals surface area (Å²) in [6.45, 7) is 3.55. The van der Waals surface area contributed by atoms with Gasteiger partial charge in [0, 0.05) is 36.8 Å². The second-order valence-electron chi connectivity index (χ2n) is 8.18. The number of carbonyl (C=O) groups is 1. The van der Waals surface area contributed by atoms with Gasteiger partial charge in [-0.15, -0.1) is 0 Å². The first-order chi connectivity index (χ1) is 14.6. The molecule has 154 valence electrons. The van der Waals surface area contributed by atoms with Crippen LogP contribution in [0.1, 0.15) is 39.0 Å². The number of nitrogens with zero attached hydrogens (tertiary/aromatic N) is 3. The number of aliphatic hydroxyl groups excluding tert-OH is 1. The molecule has 2 aromatic carbocycles. The standard InChI is InChI=1S/C24H25N3O3/c1-16-10-19-13-27(22-6-9-30-14-23(22)28)24(29)21(19)12-18(16)11-17-2-4-20(5-3-17)26-8-7-25-15-26/h2-5,7-8,10,12,15,22-23,28H,6,9,11,13-14H2,1H3/t22-,23-/m0/s1. The number of aryl methyl sites for hydroxylation is 1. The highest BCUT2D eigenvalue weighted by Gasteiger charge is 2.37. The number of fused-ring (bicyclic) bond motifs is 1. The van der Waals surface area contributed by atoms with Gasteiger partial charge in [-0.2, -0.15) is 0 Å². The van der Waals surface area contributed by atoms with Gasteiger partial charge in [-0.25, -0.2) is 4.98 Å². The maximum absolute atomic E-state index is 13.1. The summed E-state index contributed by atoms with van der Waals surface area (Å²) >= 11 is 0. The average Bonchev–Trinajstić information content (AvgIpc) is 3.39. The topological polar surface area (TPSA) is 67.6 Å². The van der Waals surface area contributed by atoms with E-state index in [0.717, 1.165) is 28.8 Å². The number of amides is 1. The molecule has 2 atom stereocenters. The van der Waals surface area contributed by atoms with Crippen LogP contribution in [-0.4, -0.2) is 50.8 Å². The van der Waals surface area contributed by atoms with Gasteiger partial charge in [-0.3, -0.25) is 4.79 Å². The summed E-state index contributed by atoms with van der Waals surface area (Å²) in [6, 6.07) is 12.4. The van der Waals surface area contributed by atoms with Gasteiger partial charge in [0.25, 0.3) is 5.91 Å². The van der Waals surface area contributed by atoms with Crippen LogP contribution in [0, 0.1) is 6.92 Å². The molecule has 1 fully saturated rings. The minimum absolute atomic E-state index is 0.0210. The summed E-state index contributed by atoms with van der Waals surface area (Å²) in [7, 11) is 0. The first-order valence-corrected chi connectivity index (χ1v) is 10.4. The zero-order chi connectivity index (χ0) is 20.7. The molecule has 1 saturated heterocycles. The van der Waals surface area contributed by atoms with E-state index >= 15 is 0 Å². The third-order valence-electron chi connectivity index (χ3n) is 6.22. The maximum atomic E-state index is 13.1. The Kier molecular flexibility index (Phi) is 4.89. The van der Waals surface area contributed by atoms with E-state index in [4.69, 9.17) is 4.74 Å². The second-order valence-corrected chi connectivity index (χ2v) is 8.18. The minimum atomic E-state index is -0.619. The Labute approximate surface area is 175 Å². The number of carbonyl (C=O) groups excluding carboxylic acids is 1. The van der Waals surface area contributed by atoms with Crippen LogP contribution >= 0.6 is 0 Å². The van der Waals surface area contributed by atoms with E-state index in [1.54, 1.807) is 12.5 Å². The highest BCUT2D eigenvalue weighted by atomic mass is 16.5. The van der Waals surface area contributed by atoms with Gasteiger partial charge >= 0.3 is 0 Å². The van der Waals surface area contributed by atoms with Crippen LogP contribution in [0.15, 0.2) is 55.1 Å². The molecule has 0 saturated carbocycles. The van der Waals surface area contributed by atoms with E-state index in [0.29, 0.717) is 26.2 Å². The quantitative estimate of drug-likeness (QED) is 0.727. The van der Waals surface area contributed by atoms with E-state index in [1.165, 1.54) is 11.1 Å². The normalized spacial score (nSPS) is 21.1. The molecule has 30 heavy (non-hydrogen) atoms. The van der Waals surface area contributed by atoms with Crippen molar-refractivity contribution in [2.75, 3.05) is 13.2 Å². The van der Waals surface area contributed by atoms with Gasteiger partial charge in [-0.05, 0) is 60.2 Å². The molecular formula is C24H25N3O3. The first-order valence-electron chi connectivity index (χ1n) is 10.4. The van der Waals surface area contributed by atoms with E-state index < -0.39 is 6.10 Å². The average molecular weight is 403 g/mol. The van der Waals surface area contributed by atoms with E-state index in [2.05, 4.69) is 42.2 Å². The second kappa shape index (κ2) is 7.70. The van der Waals surface area contributed by atoms with Crippen LogP contribution in [-0.2, 0) is 17.7 Å². The molecule has 1 N–H and O–H groups in total. The molecule has 2 aliphatic rings. The van der Waals surface area contributed by atoms with Crippen LogP contribution in [0.5, 0.6) is 0 Å². The predicted octanol–water partition coefficient (Wildman–Crippen LogP) is 2.88. The Morgan fingerprint density at radius 1 is 1.23 bits per heavy atom. The van der Waals surface area contributed by atoms with Gasteiger partial charge in [0.1, 0.15) is 0 Å². The molecule has 3 aromatic rings. The highest BCUT2D eigenvalue weighted by molar-refractivity contribution is 5.99. The number of benzene rings is 2. The molecule has 0 aliphatic carbocycles. The van der Waals surface area contributed by atoms with Crippen molar-refractivity contribution < 1.29 is 14.6 Å². The molecule has 0 spiro atoms. The van der Waals surface area contributed by atoms with Crippen molar-refractivity contribution in [3.63, 3.8) is 0 Å². The molecule has 3 heterocycles. The minimum Gasteiger partial charge on any atom is -0.389 e. The molecule has 0 radical (unpaired) electrons. The van der Waals surface area contributed by atoms with Crippen LogP contribution in [0.3, 0.4) is 0 Å². The molecule has 1 amide bonds. The Hall–Kier alpha value is -2.96. The van der Waals surface area contributed by atoms with Crippen LogP contribution < -0.4 is 0 Å². The highest BCUT2D eigenvalue weighted by Crippen LogP contribution is 2.31. The Morgan fingerprint density at radius 3 is 2.80 bits per heavy atom. The predicted molar refractivity (Wildman–Crippen MR) is 113 cm³/mol. The Morgan fingerprint density at radius 2 is 2.07 bits per heavy atom. The third kappa shape index (κ3) is 3.42. The summed E-state index contributed by atoms with van der Waals surface area (Å²) in [6.07, 6.45) is 6.30. The molecule has 6 nitrogen and oxygen atoms in total. The number of imidazole rings is 1. The van der Waals surface area contributed by atoms with Gasteiger partial charge in [-0.1, -0.05) is 18.2 Å². The summed E-state index contributed by atoms with van der Waals surface area (Å²) in [4.78, 5) is 19.0. The largest absolute Gasteiger partial charge is 0.389 e. The zero-order valence-electron chi connectivity index (χ0n) is 17.0. The third-order valence-corrected chi connectivity index (χ3v) is 6.22. The number of hydrogen-bond donors (Lipinski definition) is 1. The van der Waals surface area contributed by atoms with Crippen LogP contribution in [0.25, 0.3) is 5.69 Å². The Balaban J connectivity index is 1.37. The SMILES string of the molecule is Cc1cc2c(cc1Cc1ccc(-n3ccnc3)cc1)C(=O)N([C@H]1CCOC[C@@H]1O)C2. The van der Waals surface area contributed by atoms with Gasteiger partial charge in [0.15, 0.2) is 0 Å². The molecule has 2 aliphatic heterocycles. The van der Waals surface area contributed by atoms with Crippen molar-refractivity contribution in [2.24, 2.45) is 0 Å². The van der Waals surface area contributed by atoms with Crippen molar-refractivity contribution in [2.45, 2.75) is 38.5 Å². The summed E-state index contributed by atoms with van der Waals surface area (Å²) in [5.41, 5.74) is 6.44. The first kappa shape index (κ1) is 19.0. The fourth-order valence-electron chi connectivity index (χ4n) is 4.50. The lowest BCUT2D eigenvalue weighted by molar-refractivity contribution is -0.0572. The van der Waals surface area contributed by atoms with Crippen molar-refractivity contribution in [1.29, 1.82) is 0 Å². The lowest BCUT2D eigenvalue weighted by Crippen LogP contribution is -2.49. The van der Waals surface area contributed by atoms with E-state index in [1.807, 2.05) is 21.7 Å². The zero-order valence-corrected chi connectivity index (χ0v) is 17.0. The van der Waals surface area contributed by atoms with Crippen LogP contribution in [0.2, 0.25) is 0 Å². The fourth-order valence-corrected chi connectivity index (χ4v) is 4.50. The summed E-state index contributed by atoms with van der Waals surface area (Å²) in [5.74, 6) is 0.0210. The summed E-state index contributed by atoms with van der Waals surface area (Å²) < 4.78 is 7.30. The van der Waals surface area contributed by atoms with Gasteiger partial charge in [0.2, 0.25) is 0 Å². The van der Waals surface area contributed by atoms with Gasteiger partial charge in [0.05, 0.1) is 25.1 Å². The fraction of sp³-hybridized carbons (Fsp3) is 0.333. The lowest BCUT2D eigenvalue weighted by Gasteiger charge is -2.34. The number of aliphatic hydroxyl groups is 1. The maximum Gasteiger partial charge on any atom is 0.254 e. The van der Waals surface area contributed by atoms with Crippen molar-refractivity contribution in [3.05, 3.63) is 82.9 Å². The number of ether oxygens (including phenoxy) is 1. The monoisotopic (exact) mass is 403 g/mol. The molecule has 0 unspecified atom stereocenters. The smallest absolute Gasteiger partial charge is 0.254 e.